The summed E-state index contributed by atoms with van der Waals surface area (Å²) in [6.07, 6.45) is 2.62. The maximum Gasteiger partial charge on any atom is 0.317 e. The maximum absolute atomic E-state index is 11.9. The Kier molecular flexibility index (Phi) is 4.66. The molecule has 0 spiro atoms. The lowest BCUT2D eigenvalue weighted by molar-refractivity contribution is -0.151. The van der Waals surface area contributed by atoms with E-state index in [1.165, 1.54) is 18.2 Å². The van der Waals surface area contributed by atoms with Gasteiger partial charge in [-0.15, -0.1) is 0 Å². The second kappa shape index (κ2) is 6.71. The van der Waals surface area contributed by atoms with Crippen LogP contribution in [0.1, 0.15) is 29.9 Å². The number of ether oxygens (including phenoxy) is 2. The first-order chi connectivity index (χ1) is 11.1. The van der Waals surface area contributed by atoms with Crippen LogP contribution >= 0.6 is 0 Å². The van der Waals surface area contributed by atoms with Crippen LogP contribution < -0.4 is 4.74 Å². The van der Waals surface area contributed by atoms with Crippen molar-refractivity contribution in [3.63, 3.8) is 0 Å². The number of nitrogens with zero attached hydrogens (tertiary/aromatic N) is 1. The highest BCUT2D eigenvalue weighted by atomic mass is 16.5. The number of carbonyl (C=O) groups is 2. The standard InChI is InChI=1S/C18H23NO4/c1-22-14-6-5-12-3-4-13(15(12)9-14)10-19-8-7-17(20)16(11-19)18(21)23-2/h5-6,9,13,16H,3-4,7-8,10-11H2,1-2H3. The summed E-state index contributed by atoms with van der Waals surface area (Å²) in [6, 6.07) is 6.28. The Morgan fingerprint density at radius 2 is 2.13 bits per heavy atom. The zero-order valence-electron chi connectivity index (χ0n) is 13.7. The summed E-state index contributed by atoms with van der Waals surface area (Å²) in [5.41, 5.74) is 2.73. The molecule has 0 aromatic heterocycles. The largest absolute Gasteiger partial charge is 0.497 e. The van der Waals surface area contributed by atoms with E-state index in [4.69, 9.17) is 9.47 Å². The van der Waals surface area contributed by atoms with Gasteiger partial charge in [0.25, 0.3) is 0 Å². The van der Waals surface area contributed by atoms with Crippen molar-refractivity contribution in [3.05, 3.63) is 29.3 Å². The fourth-order valence-electron chi connectivity index (χ4n) is 3.70. The molecule has 0 saturated carbocycles. The number of ketones is 1. The summed E-state index contributed by atoms with van der Waals surface area (Å²) < 4.78 is 10.1. The van der Waals surface area contributed by atoms with Crippen molar-refractivity contribution in [3.8, 4) is 5.75 Å². The van der Waals surface area contributed by atoms with E-state index in [2.05, 4.69) is 17.0 Å². The third-order valence-corrected chi connectivity index (χ3v) is 5.02. The van der Waals surface area contributed by atoms with Crippen LogP contribution in [-0.2, 0) is 20.7 Å². The number of methoxy groups -OCH3 is 2. The zero-order chi connectivity index (χ0) is 16.4. The topological polar surface area (TPSA) is 55.8 Å². The maximum atomic E-state index is 11.9. The Balaban J connectivity index is 1.69. The molecule has 2 atom stereocenters. The van der Waals surface area contributed by atoms with Gasteiger partial charge in [0.1, 0.15) is 17.5 Å². The van der Waals surface area contributed by atoms with Gasteiger partial charge in [-0.25, -0.2) is 0 Å². The van der Waals surface area contributed by atoms with Gasteiger partial charge in [0.2, 0.25) is 0 Å². The van der Waals surface area contributed by atoms with Gasteiger partial charge in [-0.05, 0) is 42.0 Å². The minimum absolute atomic E-state index is 0.00147. The van der Waals surface area contributed by atoms with Crippen LogP contribution in [-0.4, -0.2) is 50.5 Å². The molecule has 0 bridgehead atoms. The summed E-state index contributed by atoms with van der Waals surface area (Å²) >= 11 is 0. The number of Topliss-reactive ketones (excluding diaryl/α,β-unsaturated/α-hetero) is 1. The molecule has 5 heteroatoms. The van der Waals surface area contributed by atoms with Crippen LogP contribution in [0.15, 0.2) is 18.2 Å². The lowest BCUT2D eigenvalue weighted by atomic mass is 9.94. The van der Waals surface area contributed by atoms with Crippen LogP contribution in [0.4, 0.5) is 0 Å². The molecule has 124 valence electrons. The van der Waals surface area contributed by atoms with Gasteiger partial charge in [0.15, 0.2) is 0 Å². The van der Waals surface area contributed by atoms with Crippen molar-refractivity contribution in [1.82, 2.24) is 4.90 Å². The lowest BCUT2D eigenvalue weighted by Crippen LogP contribution is -2.45. The van der Waals surface area contributed by atoms with Crippen LogP contribution in [0, 0.1) is 5.92 Å². The lowest BCUT2D eigenvalue weighted by Gasteiger charge is -2.32. The molecule has 2 aliphatic rings. The predicted octanol–water partition coefficient (Wildman–Crippen LogP) is 1.79. The van der Waals surface area contributed by atoms with Crippen molar-refractivity contribution < 1.29 is 19.1 Å². The number of hydrogen-bond donors (Lipinski definition) is 0. The first-order valence-electron chi connectivity index (χ1n) is 8.12. The third kappa shape index (κ3) is 3.24. The first-order valence-corrected chi connectivity index (χ1v) is 8.12. The van der Waals surface area contributed by atoms with E-state index in [-0.39, 0.29) is 5.78 Å². The Morgan fingerprint density at radius 1 is 1.30 bits per heavy atom. The van der Waals surface area contributed by atoms with E-state index in [1.807, 2.05) is 6.07 Å². The summed E-state index contributed by atoms with van der Waals surface area (Å²) in [7, 11) is 3.02. The van der Waals surface area contributed by atoms with Crippen molar-refractivity contribution >= 4 is 11.8 Å². The van der Waals surface area contributed by atoms with E-state index >= 15 is 0 Å². The number of fused-ring (bicyclic) bond motifs is 1. The second-order valence-electron chi connectivity index (χ2n) is 6.35. The van der Waals surface area contributed by atoms with Gasteiger partial charge in [-0.2, -0.15) is 0 Å². The molecule has 1 saturated heterocycles. The van der Waals surface area contributed by atoms with E-state index in [0.29, 0.717) is 18.9 Å². The van der Waals surface area contributed by atoms with Gasteiger partial charge in [-0.1, -0.05) is 6.07 Å². The number of esters is 1. The quantitative estimate of drug-likeness (QED) is 0.626. The van der Waals surface area contributed by atoms with E-state index in [0.717, 1.165) is 31.7 Å². The number of likely N-dealkylation sites (tertiary alicyclic amines) is 1. The van der Waals surface area contributed by atoms with Gasteiger partial charge < -0.3 is 14.4 Å². The molecule has 2 unspecified atom stereocenters. The van der Waals surface area contributed by atoms with Gasteiger partial charge in [0, 0.05) is 26.1 Å². The number of carbonyl (C=O) groups excluding carboxylic acids is 2. The number of hydrogen-bond acceptors (Lipinski definition) is 5. The molecule has 5 nitrogen and oxygen atoms in total. The number of piperidine rings is 1. The van der Waals surface area contributed by atoms with E-state index < -0.39 is 11.9 Å². The average Bonchev–Trinajstić information content (AvgIpc) is 2.98. The van der Waals surface area contributed by atoms with Crippen molar-refractivity contribution in [2.24, 2.45) is 5.92 Å². The van der Waals surface area contributed by atoms with Crippen LogP contribution in [0.5, 0.6) is 5.75 Å². The first kappa shape index (κ1) is 16.0. The fourth-order valence-corrected chi connectivity index (χ4v) is 3.70. The molecule has 1 aliphatic heterocycles. The molecule has 1 aliphatic carbocycles. The molecular formula is C18H23NO4. The monoisotopic (exact) mass is 317 g/mol. The van der Waals surface area contributed by atoms with Gasteiger partial charge in [0.05, 0.1) is 14.2 Å². The summed E-state index contributed by atoms with van der Waals surface area (Å²) in [6.45, 7) is 2.07. The Labute approximate surface area is 136 Å². The minimum Gasteiger partial charge on any atom is -0.497 e. The van der Waals surface area contributed by atoms with Crippen LogP contribution in [0.2, 0.25) is 0 Å². The number of rotatable bonds is 4. The van der Waals surface area contributed by atoms with Crippen molar-refractivity contribution in [1.29, 1.82) is 0 Å². The molecule has 1 heterocycles. The highest BCUT2D eigenvalue weighted by Gasteiger charge is 2.35. The number of benzene rings is 1. The van der Waals surface area contributed by atoms with Crippen LogP contribution in [0.25, 0.3) is 0 Å². The third-order valence-electron chi connectivity index (χ3n) is 5.02. The molecule has 0 N–H and O–H groups in total. The molecule has 1 fully saturated rings. The normalized spacial score (nSPS) is 24.3. The SMILES string of the molecule is COC(=O)C1CN(CC2CCc3ccc(OC)cc32)CCC1=O. The van der Waals surface area contributed by atoms with E-state index in [9.17, 15) is 9.59 Å². The Morgan fingerprint density at radius 3 is 2.87 bits per heavy atom. The molecular weight excluding hydrogens is 294 g/mol. The summed E-state index contributed by atoms with van der Waals surface area (Å²) in [4.78, 5) is 25.9. The Hall–Kier alpha value is -1.88. The second-order valence-corrected chi connectivity index (χ2v) is 6.35. The number of aryl methyl sites for hydroxylation is 1. The molecule has 1 aromatic carbocycles. The average molecular weight is 317 g/mol. The highest BCUT2D eigenvalue weighted by Crippen LogP contribution is 2.36. The molecule has 0 amide bonds. The smallest absolute Gasteiger partial charge is 0.317 e. The highest BCUT2D eigenvalue weighted by molar-refractivity contribution is 5.99. The molecule has 1 aromatic rings. The predicted molar refractivity (Wildman–Crippen MR) is 85.6 cm³/mol. The minimum atomic E-state index is -0.625. The van der Waals surface area contributed by atoms with Crippen molar-refractivity contribution in [2.45, 2.75) is 25.2 Å². The summed E-state index contributed by atoms with van der Waals surface area (Å²) in [5.74, 6) is 0.290. The zero-order valence-corrected chi connectivity index (χ0v) is 13.7. The fraction of sp³-hybridized carbons (Fsp3) is 0.556. The van der Waals surface area contributed by atoms with Gasteiger partial charge >= 0.3 is 5.97 Å². The van der Waals surface area contributed by atoms with E-state index in [1.54, 1.807) is 7.11 Å². The molecule has 0 radical (unpaired) electrons. The Bertz CT molecular complexity index is 605. The molecule has 23 heavy (non-hydrogen) atoms. The van der Waals surface area contributed by atoms with Gasteiger partial charge in [-0.3, -0.25) is 9.59 Å². The summed E-state index contributed by atoms with van der Waals surface area (Å²) in [5, 5.41) is 0. The molecule has 3 rings (SSSR count). The van der Waals surface area contributed by atoms with Crippen LogP contribution in [0.3, 0.4) is 0 Å². The van der Waals surface area contributed by atoms with Crippen molar-refractivity contribution in [2.75, 3.05) is 33.9 Å².